The first-order valence-corrected chi connectivity index (χ1v) is 5.04. The molecule has 0 aliphatic rings. The molecule has 1 aromatic carbocycles. The van der Waals surface area contributed by atoms with Crippen LogP contribution in [0.2, 0.25) is 0 Å². The average molecular weight is 269 g/mol. The predicted octanol–water partition coefficient (Wildman–Crippen LogP) is 2.31. The van der Waals surface area contributed by atoms with E-state index in [2.05, 4.69) is 4.98 Å². The average Bonchev–Trinajstić information content (AvgIpc) is 2.74. The van der Waals surface area contributed by atoms with Crippen molar-refractivity contribution in [3.05, 3.63) is 42.0 Å². The molecule has 1 aromatic heterocycles. The molecule has 0 spiro atoms. The van der Waals surface area contributed by atoms with Gasteiger partial charge in [0.2, 0.25) is 0 Å². The molecule has 6 heteroatoms. The van der Waals surface area contributed by atoms with E-state index in [0.29, 0.717) is 5.75 Å². The number of benzene rings is 1. The van der Waals surface area contributed by atoms with Gasteiger partial charge in [0.25, 0.3) is 0 Å². The van der Waals surface area contributed by atoms with Crippen LogP contribution in [0, 0.1) is 6.92 Å². The van der Waals surface area contributed by atoms with Crippen LogP contribution in [0.25, 0.3) is 5.69 Å². The number of aromatic carboxylic acids is 1. The highest BCUT2D eigenvalue weighted by Gasteiger charge is 2.10. The third-order valence-electron chi connectivity index (χ3n) is 2.42. The second kappa shape index (κ2) is 5.55. The number of rotatable bonds is 3. The minimum Gasteiger partial charge on any atom is -0.495 e. The molecule has 0 aliphatic carbocycles. The van der Waals surface area contributed by atoms with E-state index in [1.165, 1.54) is 19.2 Å². The number of aromatic nitrogens is 2. The number of methoxy groups -OCH3 is 1. The zero-order chi connectivity index (χ0) is 12.4. The van der Waals surface area contributed by atoms with Crippen molar-refractivity contribution in [2.24, 2.45) is 0 Å². The molecule has 0 bridgehead atoms. The monoisotopic (exact) mass is 268 g/mol. The Morgan fingerprint density at radius 1 is 1.44 bits per heavy atom. The summed E-state index contributed by atoms with van der Waals surface area (Å²) >= 11 is 0. The van der Waals surface area contributed by atoms with Crippen LogP contribution in [-0.4, -0.2) is 27.7 Å². The van der Waals surface area contributed by atoms with Crippen LogP contribution in [0.15, 0.2) is 30.7 Å². The fourth-order valence-electron chi connectivity index (χ4n) is 1.58. The van der Waals surface area contributed by atoms with Gasteiger partial charge < -0.3 is 14.4 Å². The zero-order valence-electron chi connectivity index (χ0n) is 9.95. The van der Waals surface area contributed by atoms with Crippen molar-refractivity contribution >= 4 is 18.4 Å². The maximum Gasteiger partial charge on any atom is 0.335 e. The number of nitrogens with zero attached hydrogens (tertiary/aromatic N) is 2. The molecule has 0 unspecified atom stereocenters. The number of ether oxygens (including phenoxy) is 1. The summed E-state index contributed by atoms with van der Waals surface area (Å²) in [6, 6.07) is 4.73. The van der Waals surface area contributed by atoms with Crippen molar-refractivity contribution in [3.8, 4) is 11.4 Å². The number of hydrogen-bond acceptors (Lipinski definition) is 3. The maximum atomic E-state index is 10.8. The normalized spacial score (nSPS) is 9.67. The van der Waals surface area contributed by atoms with Crippen molar-refractivity contribution in [1.82, 2.24) is 9.55 Å². The first-order valence-electron chi connectivity index (χ1n) is 5.04. The molecule has 1 heterocycles. The van der Waals surface area contributed by atoms with E-state index in [0.717, 1.165) is 11.4 Å². The highest BCUT2D eigenvalue weighted by atomic mass is 35.5. The summed E-state index contributed by atoms with van der Waals surface area (Å²) in [6.07, 6.45) is 3.51. The molecule has 0 radical (unpaired) electrons. The third-order valence-corrected chi connectivity index (χ3v) is 2.42. The predicted molar refractivity (Wildman–Crippen MR) is 69.1 cm³/mol. The molecule has 18 heavy (non-hydrogen) atoms. The topological polar surface area (TPSA) is 64.3 Å². The van der Waals surface area contributed by atoms with Gasteiger partial charge in [0.05, 0.1) is 30.4 Å². The summed E-state index contributed by atoms with van der Waals surface area (Å²) in [7, 11) is 1.51. The Morgan fingerprint density at radius 2 is 2.17 bits per heavy atom. The lowest BCUT2D eigenvalue weighted by atomic mass is 10.2. The highest BCUT2D eigenvalue weighted by molar-refractivity contribution is 5.88. The lowest BCUT2D eigenvalue weighted by Crippen LogP contribution is -2.00. The zero-order valence-corrected chi connectivity index (χ0v) is 10.8. The SMILES string of the molecule is COc1cc(C(=O)O)ccc1-n1cnc(C)c1.Cl. The molecule has 2 aromatic rings. The molecule has 96 valence electrons. The van der Waals surface area contributed by atoms with Gasteiger partial charge in [0.15, 0.2) is 0 Å². The fraction of sp³-hybridized carbons (Fsp3) is 0.167. The van der Waals surface area contributed by atoms with Gasteiger partial charge in [-0.1, -0.05) is 0 Å². The molecule has 0 fully saturated rings. The third kappa shape index (κ3) is 2.62. The quantitative estimate of drug-likeness (QED) is 0.928. The van der Waals surface area contributed by atoms with Crippen LogP contribution in [0.1, 0.15) is 16.1 Å². The number of hydrogen-bond donors (Lipinski definition) is 1. The molecule has 2 rings (SSSR count). The number of imidazole rings is 1. The van der Waals surface area contributed by atoms with E-state index in [9.17, 15) is 4.79 Å². The molecule has 1 N–H and O–H groups in total. The highest BCUT2D eigenvalue weighted by Crippen LogP contribution is 2.24. The number of carboxylic acid groups (broad SMARTS) is 1. The van der Waals surface area contributed by atoms with Gasteiger partial charge >= 0.3 is 5.97 Å². The number of aryl methyl sites for hydroxylation is 1. The van der Waals surface area contributed by atoms with E-state index in [4.69, 9.17) is 9.84 Å². The summed E-state index contributed by atoms with van der Waals surface area (Å²) in [5, 5.41) is 8.90. The Balaban J connectivity index is 0.00000162. The van der Waals surface area contributed by atoms with Gasteiger partial charge in [-0.15, -0.1) is 12.4 Å². The van der Waals surface area contributed by atoms with Crippen LogP contribution >= 0.6 is 12.4 Å². The molecule has 5 nitrogen and oxygen atoms in total. The van der Waals surface area contributed by atoms with Gasteiger partial charge in [-0.25, -0.2) is 9.78 Å². The van der Waals surface area contributed by atoms with Gasteiger partial charge in [-0.3, -0.25) is 0 Å². The largest absolute Gasteiger partial charge is 0.495 e. The van der Waals surface area contributed by atoms with E-state index in [1.807, 2.05) is 13.1 Å². The van der Waals surface area contributed by atoms with Crippen molar-refractivity contribution in [3.63, 3.8) is 0 Å². The van der Waals surface area contributed by atoms with Crippen molar-refractivity contribution < 1.29 is 14.6 Å². The second-order valence-electron chi connectivity index (χ2n) is 3.61. The van der Waals surface area contributed by atoms with E-state index < -0.39 is 5.97 Å². The molecule has 0 atom stereocenters. The lowest BCUT2D eigenvalue weighted by Gasteiger charge is -2.09. The van der Waals surface area contributed by atoms with E-state index in [-0.39, 0.29) is 18.0 Å². The Labute approximate surface area is 110 Å². The van der Waals surface area contributed by atoms with Crippen LogP contribution in [0.4, 0.5) is 0 Å². The van der Waals surface area contributed by atoms with Gasteiger partial charge in [0.1, 0.15) is 5.75 Å². The van der Waals surface area contributed by atoms with Gasteiger partial charge in [0, 0.05) is 6.20 Å². The molecule has 0 saturated carbocycles. The molecule has 0 saturated heterocycles. The summed E-state index contributed by atoms with van der Waals surface area (Å²) < 4.78 is 6.98. The smallest absolute Gasteiger partial charge is 0.335 e. The first-order chi connectivity index (χ1) is 8.11. The number of halogens is 1. The van der Waals surface area contributed by atoms with Crippen LogP contribution in [0.3, 0.4) is 0 Å². The number of carbonyl (C=O) groups is 1. The number of carboxylic acids is 1. The first kappa shape index (κ1) is 14.1. The summed E-state index contributed by atoms with van der Waals surface area (Å²) in [6.45, 7) is 1.88. The van der Waals surface area contributed by atoms with Crippen LogP contribution in [0.5, 0.6) is 5.75 Å². The maximum absolute atomic E-state index is 10.8. The molecular formula is C12H13ClN2O3. The minimum absolute atomic E-state index is 0. The summed E-state index contributed by atoms with van der Waals surface area (Å²) in [5.74, 6) is -0.473. The van der Waals surface area contributed by atoms with Gasteiger partial charge in [-0.2, -0.15) is 0 Å². The van der Waals surface area contributed by atoms with Crippen LogP contribution < -0.4 is 4.74 Å². The second-order valence-corrected chi connectivity index (χ2v) is 3.61. The van der Waals surface area contributed by atoms with Crippen LogP contribution in [-0.2, 0) is 0 Å². The Hall–Kier alpha value is -2.01. The van der Waals surface area contributed by atoms with E-state index >= 15 is 0 Å². The fourth-order valence-corrected chi connectivity index (χ4v) is 1.58. The summed E-state index contributed by atoms with van der Waals surface area (Å²) in [5.41, 5.74) is 1.84. The Kier molecular flexibility index (Phi) is 4.33. The Morgan fingerprint density at radius 3 is 2.67 bits per heavy atom. The molecule has 0 aliphatic heterocycles. The van der Waals surface area contributed by atoms with Crippen molar-refractivity contribution in [2.45, 2.75) is 6.92 Å². The minimum atomic E-state index is -0.975. The molecular weight excluding hydrogens is 256 g/mol. The summed E-state index contributed by atoms with van der Waals surface area (Å²) in [4.78, 5) is 15.0. The van der Waals surface area contributed by atoms with Crippen molar-refractivity contribution in [1.29, 1.82) is 0 Å². The lowest BCUT2D eigenvalue weighted by molar-refractivity contribution is 0.0696. The van der Waals surface area contributed by atoms with E-state index in [1.54, 1.807) is 17.0 Å². The van der Waals surface area contributed by atoms with Crippen molar-refractivity contribution in [2.75, 3.05) is 7.11 Å². The Bertz CT molecular complexity index is 566. The standard InChI is InChI=1S/C12H12N2O3.ClH/c1-8-6-14(7-13-8)10-4-3-9(12(15)16)5-11(10)17-2;/h3-7H,1-2H3,(H,15,16);1H. The van der Waals surface area contributed by atoms with Gasteiger partial charge in [-0.05, 0) is 25.1 Å². The molecule has 0 amide bonds.